The highest BCUT2D eigenvalue weighted by atomic mass is 32.2. The van der Waals surface area contributed by atoms with Crippen molar-refractivity contribution < 1.29 is 19.2 Å². The predicted octanol–water partition coefficient (Wildman–Crippen LogP) is 3.16. The molecule has 0 bridgehead atoms. The molecule has 0 aliphatic carbocycles. The topological polar surface area (TPSA) is 92.4 Å². The van der Waals surface area contributed by atoms with Crippen molar-refractivity contribution in [2.24, 2.45) is 0 Å². The first-order valence-electron chi connectivity index (χ1n) is 8.93. The molecule has 4 rings (SSSR count). The minimum atomic E-state index is -0.705. The summed E-state index contributed by atoms with van der Waals surface area (Å²) < 4.78 is 0. The molecule has 7 nitrogen and oxygen atoms in total. The number of nitrogens with one attached hydrogen (secondary N) is 1. The summed E-state index contributed by atoms with van der Waals surface area (Å²) in [6.07, 6.45) is 0.684. The molecule has 0 saturated heterocycles. The van der Waals surface area contributed by atoms with Crippen molar-refractivity contribution in [1.29, 1.82) is 0 Å². The number of rotatable bonds is 6. The second-order valence-electron chi connectivity index (χ2n) is 6.48. The van der Waals surface area contributed by atoms with E-state index in [1.54, 1.807) is 12.1 Å². The summed E-state index contributed by atoms with van der Waals surface area (Å²) >= 11 is 1.15. The van der Waals surface area contributed by atoms with Gasteiger partial charge in [-0.1, -0.05) is 59.3 Å². The third-order valence-electron chi connectivity index (χ3n) is 4.45. The van der Waals surface area contributed by atoms with Gasteiger partial charge in [-0.05, 0) is 24.6 Å². The van der Waals surface area contributed by atoms with Crippen LogP contribution >= 0.6 is 11.8 Å². The Morgan fingerprint density at radius 2 is 1.66 bits per heavy atom. The highest BCUT2D eigenvalue weighted by molar-refractivity contribution is 7.99. The molecule has 1 aromatic heterocycles. The van der Waals surface area contributed by atoms with E-state index in [2.05, 4.69) is 9.97 Å². The highest BCUT2D eigenvalue weighted by Gasteiger charge is 2.38. The van der Waals surface area contributed by atoms with E-state index in [-0.39, 0.29) is 16.9 Å². The molecule has 146 valence electrons. The van der Waals surface area contributed by atoms with Crippen LogP contribution < -0.4 is 0 Å². The average Bonchev–Trinajstić information content (AvgIpc) is 3.20. The Kier molecular flexibility index (Phi) is 5.18. The maximum absolute atomic E-state index is 12.2. The number of imide groups is 1. The standard InChI is InChI=1S/C21H17N3O4S/c1-13-17(11-14-7-3-2-4-8-14)23-21(22-13)29-12-18(25)28-24-19(26)15-9-5-6-10-16(15)20(24)27/h2-10H,11-12H2,1H3,(H,22,23). The van der Waals surface area contributed by atoms with Crippen LogP contribution in [0.15, 0.2) is 59.8 Å². The second kappa shape index (κ2) is 7.92. The first-order valence-corrected chi connectivity index (χ1v) is 9.92. The van der Waals surface area contributed by atoms with Gasteiger partial charge in [0.25, 0.3) is 11.8 Å². The summed E-state index contributed by atoms with van der Waals surface area (Å²) in [6, 6.07) is 16.3. The van der Waals surface area contributed by atoms with Crippen LogP contribution in [0.5, 0.6) is 0 Å². The van der Waals surface area contributed by atoms with Gasteiger partial charge >= 0.3 is 5.97 Å². The molecule has 0 unspecified atom stereocenters. The van der Waals surface area contributed by atoms with E-state index < -0.39 is 17.8 Å². The number of fused-ring (bicyclic) bond motifs is 1. The number of aryl methyl sites for hydroxylation is 1. The minimum absolute atomic E-state index is 0.0921. The fourth-order valence-corrected chi connectivity index (χ4v) is 3.71. The zero-order valence-electron chi connectivity index (χ0n) is 15.5. The number of carbonyl (C=O) groups is 3. The lowest BCUT2D eigenvalue weighted by molar-refractivity contribution is -0.165. The number of nitrogens with zero attached hydrogens (tertiary/aromatic N) is 2. The number of amides is 2. The normalized spacial score (nSPS) is 12.9. The molecule has 8 heteroatoms. The lowest BCUT2D eigenvalue weighted by Gasteiger charge is -2.12. The fraction of sp³-hybridized carbons (Fsp3) is 0.143. The summed E-state index contributed by atoms with van der Waals surface area (Å²) in [5.74, 6) is -2.07. The Balaban J connectivity index is 1.35. The lowest BCUT2D eigenvalue weighted by Crippen LogP contribution is -2.33. The molecule has 0 atom stereocenters. The van der Waals surface area contributed by atoms with Crippen LogP contribution in [0.2, 0.25) is 0 Å². The smallest absolute Gasteiger partial charge is 0.337 e. The Labute approximate surface area is 171 Å². The molecule has 1 N–H and O–H groups in total. The van der Waals surface area contributed by atoms with Gasteiger partial charge in [0.1, 0.15) is 5.75 Å². The van der Waals surface area contributed by atoms with Crippen LogP contribution in [0.1, 0.15) is 37.7 Å². The third-order valence-corrected chi connectivity index (χ3v) is 5.30. The van der Waals surface area contributed by atoms with E-state index in [1.807, 2.05) is 37.3 Å². The summed E-state index contributed by atoms with van der Waals surface area (Å²) in [5, 5.41) is 1.09. The molecule has 2 heterocycles. The predicted molar refractivity (Wildman–Crippen MR) is 106 cm³/mol. The number of benzene rings is 2. The number of aromatic nitrogens is 2. The Morgan fingerprint density at radius 1 is 1.03 bits per heavy atom. The fourth-order valence-electron chi connectivity index (χ4n) is 3.00. The molecule has 1 aliphatic heterocycles. The maximum atomic E-state index is 12.2. The van der Waals surface area contributed by atoms with Crippen molar-refractivity contribution in [3.05, 3.63) is 82.7 Å². The van der Waals surface area contributed by atoms with Gasteiger partial charge in [-0.25, -0.2) is 9.78 Å². The van der Waals surface area contributed by atoms with Gasteiger partial charge in [-0.3, -0.25) is 9.59 Å². The number of H-pyrrole nitrogens is 1. The van der Waals surface area contributed by atoms with E-state index >= 15 is 0 Å². The van der Waals surface area contributed by atoms with Gasteiger partial charge in [0.15, 0.2) is 5.16 Å². The number of carbonyl (C=O) groups excluding carboxylic acids is 3. The molecule has 1 aliphatic rings. The summed E-state index contributed by atoms with van der Waals surface area (Å²) in [5.41, 5.74) is 3.41. The Hall–Kier alpha value is -3.39. The maximum Gasteiger partial charge on any atom is 0.343 e. The number of imidazole rings is 1. The van der Waals surface area contributed by atoms with Crippen LogP contribution in [0.4, 0.5) is 0 Å². The van der Waals surface area contributed by atoms with Crippen LogP contribution in [0.25, 0.3) is 0 Å². The first kappa shape index (κ1) is 18.9. The molecule has 29 heavy (non-hydrogen) atoms. The quantitative estimate of drug-likeness (QED) is 0.498. The number of thioether (sulfide) groups is 1. The number of hydroxylamine groups is 2. The number of hydrogen-bond acceptors (Lipinski definition) is 6. The monoisotopic (exact) mass is 407 g/mol. The summed E-state index contributed by atoms with van der Waals surface area (Å²) in [6.45, 7) is 1.92. The lowest BCUT2D eigenvalue weighted by atomic mass is 10.1. The molecule has 2 aromatic carbocycles. The summed E-state index contributed by atoms with van der Waals surface area (Å²) in [7, 11) is 0. The zero-order chi connectivity index (χ0) is 20.4. The van der Waals surface area contributed by atoms with Crippen molar-refractivity contribution in [1.82, 2.24) is 15.0 Å². The average molecular weight is 407 g/mol. The van der Waals surface area contributed by atoms with Crippen LogP contribution in [0.3, 0.4) is 0 Å². The molecule has 0 spiro atoms. The Bertz CT molecular complexity index is 1060. The molecule has 0 saturated carbocycles. The van der Waals surface area contributed by atoms with Crippen LogP contribution in [0, 0.1) is 6.92 Å². The number of aromatic amines is 1. The first-order chi connectivity index (χ1) is 14.0. The van der Waals surface area contributed by atoms with E-state index in [9.17, 15) is 14.4 Å². The zero-order valence-corrected chi connectivity index (χ0v) is 16.4. The van der Waals surface area contributed by atoms with Gasteiger partial charge in [-0.15, -0.1) is 0 Å². The molecule has 3 aromatic rings. The molecular formula is C21H17N3O4S. The minimum Gasteiger partial charge on any atom is -0.337 e. The van der Waals surface area contributed by atoms with Gasteiger partial charge in [-0.2, -0.15) is 0 Å². The van der Waals surface area contributed by atoms with Gasteiger partial charge in [0.05, 0.1) is 16.8 Å². The van der Waals surface area contributed by atoms with Gasteiger partial charge < -0.3 is 9.82 Å². The SMILES string of the molecule is Cc1[nH]c(SCC(=O)ON2C(=O)c3ccccc3C2=O)nc1Cc1ccccc1. The van der Waals surface area contributed by atoms with Gasteiger partial charge in [0.2, 0.25) is 0 Å². The molecule has 2 amide bonds. The summed E-state index contributed by atoms with van der Waals surface area (Å²) in [4.78, 5) is 49.3. The van der Waals surface area contributed by atoms with Crippen LogP contribution in [-0.4, -0.2) is 38.6 Å². The van der Waals surface area contributed by atoms with Crippen molar-refractivity contribution in [2.45, 2.75) is 18.5 Å². The van der Waals surface area contributed by atoms with Gasteiger partial charge in [0, 0.05) is 12.1 Å². The van der Waals surface area contributed by atoms with Crippen molar-refractivity contribution in [2.75, 3.05) is 5.75 Å². The van der Waals surface area contributed by atoms with Crippen molar-refractivity contribution in [3.63, 3.8) is 0 Å². The van der Waals surface area contributed by atoms with E-state index in [0.717, 1.165) is 28.7 Å². The van der Waals surface area contributed by atoms with E-state index in [1.165, 1.54) is 12.1 Å². The molecular weight excluding hydrogens is 390 g/mol. The number of hydrogen-bond donors (Lipinski definition) is 1. The molecule has 0 fully saturated rings. The Morgan fingerprint density at radius 3 is 2.31 bits per heavy atom. The third kappa shape index (κ3) is 3.93. The van der Waals surface area contributed by atoms with Crippen LogP contribution in [-0.2, 0) is 16.1 Å². The molecule has 0 radical (unpaired) electrons. The second-order valence-corrected chi connectivity index (χ2v) is 7.44. The van der Waals surface area contributed by atoms with Crippen molar-refractivity contribution in [3.8, 4) is 0 Å². The van der Waals surface area contributed by atoms with E-state index in [0.29, 0.717) is 16.6 Å². The van der Waals surface area contributed by atoms with Crippen molar-refractivity contribution >= 4 is 29.5 Å². The largest absolute Gasteiger partial charge is 0.343 e. The van der Waals surface area contributed by atoms with E-state index in [4.69, 9.17) is 4.84 Å². The highest BCUT2D eigenvalue weighted by Crippen LogP contribution is 2.24.